The van der Waals surface area contributed by atoms with Crippen molar-refractivity contribution in [1.82, 2.24) is 15.0 Å². The summed E-state index contributed by atoms with van der Waals surface area (Å²) in [7, 11) is 1.27. The number of aromatic amines is 1. The summed E-state index contributed by atoms with van der Waals surface area (Å²) >= 11 is 1.16. The molecule has 112 valence electrons. The summed E-state index contributed by atoms with van der Waals surface area (Å²) in [6, 6.07) is 0. The van der Waals surface area contributed by atoms with Crippen LogP contribution in [0.2, 0.25) is 0 Å². The third-order valence-corrected chi connectivity index (χ3v) is 3.86. The van der Waals surface area contributed by atoms with Gasteiger partial charge in [-0.2, -0.15) is 0 Å². The lowest BCUT2D eigenvalue weighted by Crippen LogP contribution is -2.07. The van der Waals surface area contributed by atoms with Crippen molar-refractivity contribution in [2.75, 3.05) is 19.0 Å². The van der Waals surface area contributed by atoms with Crippen molar-refractivity contribution in [3.8, 4) is 0 Å². The lowest BCUT2D eigenvalue weighted by atomic mass is 10.3. The molecule has 0 aromatic carbocycles. The normalized spacial score (nSPS) is 10.4. The van der Waals surface area contributed by atoms with Crippen LogP contribution < -0.4 is 5.32 Å². The van der Waals surface area contributed by atoms with Crippen LogP contribution in [-0.4, -0.2) is 40.4 Å². The van der Waals surface area contributed by atoms with Gasteiger partial charge in [0.15, 0.2) is 16.6 Å². The van der Waals surface area contributed by atoms with Crippen LogP contribution in [0.5, 0.6) is 0 Å². The fourth-order valence-electron chi connectivity index (χ4n) is 1.76. The van der Waals surface area contributed by atoms with Crippen LogP contribution >= 0.6 is 11.3 Å². The Kier molecular flexibility index (Phi) is 5.04. The molecule has 2 heterocycles. The standard InChI is InChI=1S/C13H16N4O3S/c1-8(18)11-10(12(19)20-2)17-13(21-11)16-5-3-4-9-14-6-7-15-9/h6-7H,3-5H2,1-2H3,(H,14,15)(H,16,17). The Balaban J connectivity index is 1.94. The number of hydrogen-bond donors (Lipinski definition) is 2. The first-order valence-electron chi connectivity index (χ1n) is 6.44. The zero-order valence-electron chi connectivity index (χ0n) is 11.8. The second-order valence-electron chi connectivity index (χ2n) is 4.31. The lowest BCUT2D eigenvalue weighted by molar-refractivity contribution is 0.0591. The van der Waals surface area contributed by atoms with Crippen molar-refractivity contribution >= 4 is 28.2 Å². The molecule has 0 aliphatic heterocycles. The van der Waals surface area contributed by atoms with Gasteiger partial charge < -0.3 is 15.0 Å². The highest BCUT2D eigenvalue weighted by atomic mass is 32.1. The van der Waals surface area contributed by atoms with Crippen LogP contribution in [0.15, 0.2) is 12.4 Å². The minimum absolute atomic E-state index is 0.0727. The zero-order chi connectivity index (χ0) is 15.2. The first kappa shape index (κ1) is 15.2. The van der Waals surface area contributed by atoms with Gasteiger partial charge in [0.1, 0.15) is 10.7 Å². The molecule has 0 bridgehead atoms. The number of ether oxygens (including phenoxy) is 1. The fraction of sp³-hybridized carbons (Fsp3) is 0.385. The number of ketones is 1. The van der Waals surface area contributed by atoms with Crippen LogP contribution in [0.25, 0.3) is 0 Å². The van der Waals surface area contributed by atoms with Gasteiger partial charge >= 0.3 is 5.97 Å². The molecule has 2 aromatic rings. The predicted octanol–water partition coefficient (Wildman–Crippen LogP) is 1.90. The molecule has 0 unspecified atom stereocenters. The number of anilines is 1. The van der Waals surface area contributed by atoms with Gasteiger partial charge in [0.2, 0.25) is 0 Å². The highest BCUT2D eigenvalue weighted by Crippen LogP contribution is 2.24. The number of nitrogens with one attached hydrogen (secondary N) is 2. The zero-order valence-corrected chi connectivity index (χ0v) is 12.6. The van der Waals surface area contributed by atoms with Gasteiger partial charge in [-0.15, -0.1) is 0 Å². The molecule has 8 heteroatoms. The molecule has 21 heavy (non-hydrogen) atoms. The Bertz CT molecular complexity index is 621. The average Bonchev–Trinajstić information content (AvgIpc) is 3.12. The SMILES string of the molecule is COC(=O)c1nc(NCCCc2ncc[nH]2)sc1C(C)=O. The maximum absolute atomic E-state index is 11.6. The predicted molar refractivity (Wildman–Crippen MR) is 78.9 cm³/mol. The van der Waals surface area contributed by atoms with E-state index >= 15 is 0 Å². The third kappa shape index (κ3) is 3.88. The number of rotatable bonds is 7. The van der Waals surface area contributed by atoms with E-state index in [2.05, 4.69) is 25.0 Å². The number of methoxy groups -OCH3 is 1. The molecule has 0 fully saturated rings. The molecule has 0 aliphatic rings. The topological polar surface area (TPSA) is 97.0 Å². The summed E-state index contributed by atoms with van der Waals surface area (Å²) < 4.78 is 4.63. The van der Waals surface area contributed by atoms with Gasteiger partial charge in [-0.25, -0.2) is 14.8 Å². The second kappa shape index (κ2) is 6.98. The molecule has 0 spiro atoms. The summed E-state index contributed by atoms with van der Waals surface area (Å²) in [5, 5.41) is 3.65. The highest BCUT2D eigenvalue weighted by Gasteiger charge is 2.21. The van der Waals surface area contributed by atoms with E-state index in [0.717, 1.165) is 30.0 Å². The smallest absolute Gasteiger partial charge is 0.358 e. The van der Waals surface area contributed by atoms with Crippen molar-refractivity contribution in [2.45, 2.75) is 19.8 Å². The second-order valence-corrected chi connectivity index (χ2v) is 5.31. The number of aromatic nitrogens is 3. The number of esters is 1. The van der Waals surface area contributed by atoms with Crippen molar-refractivity contribution in [2.24, 2.45) is 0 Å². The van der Waals surface area contributed by atoms with E-state index in [1.54, 1.807) is 12.4 Å². The van der Waals surface area contributed by atoms with Crippen LogP contribution in [0, 0.1) is 0 Å². The number of carbonyl (C=O) groups is 2. The summed E-state index contributed by atoms with van der Waals surface area (Å²) in [4.78, 5) is 34.7. The van der Waals surface area contributed by atoms with E-state index in [-0.39, 0.29) is 11.5 Å². The van der Waals surface area contributed by atoms with Gasteiger partial charge in [-0.3, -0.25) is 4.79 Å². The van der Waals surface area contributed by atoms with Crippen LogP contribution in [-0.2, 0) is 11.2 Å². The van der Waals surface area contributed by atoms with Gasteiger partial charge in [-0.05, 0) is 6.42 Å². The van der Waals surface area contributed by atoms with E-state index < -0.39 is 5.97 Å². The molecule has 0 saturated carbocycles. The molecule has 0 radical (unpaired) electrons. The highest BCUT2D eigenvalue weighted by molar-refractivity contribution is 7.17. The molecule has 7 nitrogen and oxygen atoms in total. The van der Waals surface area contributed by atoms with E-state index in [1.807, 2.05) is 0 Å². The Morgan fingerprint density at radius 2 is 2.29 bits per heavy atom. The summed E-state index contributed by atoms with van der Waals surface area (Å²) in [6.07, 6.45) is 5.17. The Morgan fingerprint density at radius 3 is 2.90 bits per heavy atom. The first-order chi connectivity index (χ1) is 10.1. The molecule has 2 N–H and O–H groups in total. The van der Waals surface area contributed by atoms with Crippen molar-refractivity contribution in [3.05, 3.63) is 28.8 Å². The van der Waals surface area contributed by atoms with E-state index in [9.17, 15) is 9.59 Å². The van der Waals surface area contributed by atoms with Gasteiger partial charge in [0, 0.05) is 32.3 Å². The number of imidazole rings is 1. The quantitative estimate of drug-likeness (QED) is 0.460. The van der Waals surface area contributed by atoms with E-state index in [1.165, 1.54) is 14.0 Å². The third-order valence-electron chi connectivity index (χ3n) is 2.75. The first-order valence-corrected chi connectivity index (χ1v) is 7.25. The number of H-pyrrole nitrogens is 1. The summed E-state index contributed by atoms with van der Waals surface area (Å²) in [5.41, 5.74) is 0.0727. The number of nitrogens with zero attached hydrogens (tertiary/aromatic N) is 2. The summed E-state index contributed by atoms with van der Waals surface area (Å²) in [5.74, 6) is 0.132. The number of carbonyl (C=O) groups excluding carboxylic acids is 2. The number of aryl methyl sites for hydroxylation is 1. The van der Waals surface area contributed by atoms with Gasteiger partial charge in [-0.1, -0.05) is 11.3 Å². The number of thiazole rings is 1. The fourth-order valence-corrected chi connectivity index (χ4v) is 2.63. The van der Waals surface area contributed by atoms with Crippen LogP contribution in [0.4, 0.5) is 5.13 Å². The van der Waals surface area contributed by atoms with Gasteiger partial charge in [0.25, 0.3) is 0 Å². The van der Waals surface area contributed by atoms with Gasteiger partial charge in [0.05, 0.1) is 7.11 Å². The summed E-state index contributed by atoms with van der Waals surface area (Å²) in [6.45, 7) is 2.08. The maximum atomic E-state index is 11.6. The Morgan fingerprint density at radius 1 is 1.48 bits per heavy atom. The van der Waals surface area contributed by atoms with Crippen molar-refractivity contribution < 1.29 is 14.3 Å². The van der Waals surface area contributed by atoms with E-state index in [0.29, 0.717) is 16.6 Å². The minimum atomic E-state index is -0.597. The number of hydrogen-bond acceptors (Lipinski definition) is 7. The lowest BCUT2D eigenvalue weighted by Gasteiger charge is -2.00. The molecule has 0 saturated heterocycles. The van der Waals surface area contributed by atoms with Crippen LogP contribution in [0.3, 0.4) is 0 Å². The average molecular weight is 308 g/mol. The van der Waals surface area contributed by atoms with Crippen LogP contribution in [0.1, 0.15) is 39.3 Å². The molecule has 0 aliphatic carbocycles. The number of Topliss-reactive ketones (excluding diaryl/α,β-unsaturated/α-hetero) is 1. The monoisotopic (exact) mass is 308 g/mol. The molecule has 0 amide bonds. The Hall–Kier alpha value is -2.22. The molecule has 0 atom stereocenters. The molecular formula is C13H16N4O3S. The molecule has 2 rings (SSSR count). The minimum Gasteiger partial charge on any atom is -0.464 e. The molecule has 2 aromatic heterocycles. The maximum Gasteiger partial charge on any atom is 0.358 e. The van der Waals surface area contributed by atoms with Crippen molar-refractivity contribution in [1.29, 1.82) is 0 Å². The van der Waals surface area contributed by atoms with E-state index in [4.69, 9.17) is 0 Å². The largest absolute Gasteiger partial charge is 0.464 e. The molecular weight excluding hydrogens is 292 g/mol. The van der Waals surface area contributed by atoms with Crippen molar-refractivity contribution in [3.63, 3.8) is 0 Å². The Labute approximate surface area is 125 Å².